The molecule has 0 radical (unpaired) electrons. The summed E-state index contributed by atoms with van der Waals surface area (Å²) in [6.07, 6.45) is 0.308. The largest absolute Gasteiger partial charge is 0.338 e. The van der Waals surface area contributed by atoms with Crippen molar-refractivity contribution < 1.29 is 9.59 Å². The zero-order valence-electron chi connectivity index (χ0n) is 16.4. The van der Waals surface area contributed by atoms with Crippen LogP contribution in [0.4, 0.5) is 0 Å². The Morgan fingerprint density at radius 3 is 2.44 bits per heavy atom. The van der Waals surface area contributed by atoms with E-state index in [2.05, 4.69) is 13.0 Å². The van der Waals surface area contributed by atoms with Crippen molar-refractivity contribution in [3.05, 3.63) is 71.3 Å². The summed E-state index contributed by atoms with van der Waals surface area (Å²) in [5.41, 5.74) is 3.43. The molecule has 2 amide bonds. The molecule has 0 spiro atoms. The summed E-state index contributed by atoms with van der Waals surface area (Å²) in [5.74, 6) is -0.109. The van der Waals surface area contributed by atoms with E-state index in [1.54, 1.807) is 0 Å². The molecular weight excluding hydrogens is 336 g/mol. The molecule has 1 fully saturated rings. The van der Waals surface area contributed by atoms with Crippen LogP contribution in [0.5, 0.6) is 0 Å². The van der Waals surface area contributed by atoms with E-state index in [-0.39, 0.29) is 23.8 Å². The van der Waals surface area contributed by atoms with E-state index in [9.17, 15) is 9.59 Å². The Morgan fingerprint density at radius 2 is 1.78 bits per heavy atom. The molecule has 2 aromatic carbocycles. The van der Waals surface area contributed by atoms with Gasteiger partial charge in [-0.25, -0.2) is 0 Å². The summed E-state index contributed by atoms with van der Waals surface area (Å²) in [5, 5.41) is 0. The molecule has 4 nitrogen and oxygen atoms in total. The first-order valence-corrected chi connectivity index (χ1v) is 9.62. The number of carbonyl (C=O) groups excluding carboxylic acids is 2. The maximum absolute atomic E-state index is 13.1. The lowest BCUT2D eigenvalue weighted by atomic mass is 10.0. The molecule has 1 saturated heterocycles. The van der Waals surface area contributed by atoms with Crippen molar-refractivity contribution in [2.45, 2.75) is 46.3 Å². The first kappa shape index (κ1) is 19.2. The second-order valence-corrected chi connectivity index (χ2v) is 7.65. The first-order valence-electron chi connectivity index (χ1n) is 9.62. The van der Waals surface area contributed by atoms with Gasteiger partial charge >= 0.3 is 0 Å². The standard InChI is InChI=1S/C23H28N2O2/c1-17(2)25(14-19-10-5-4-6-11-19)23(27)21-13-22(26)24(16-21)15-20-12-8-7-9-18(20)3/h4-12,17,21H,13-16H2,1-3H3. The Hall–Kier alpha value is -2.62. The van der Waals surface area contributed by atoms with Gasteiger partial charge in [0.2, 0.25) is 11.8 Å². The summed E-state index contributed by atoms with van der Waals surface area (Å²) in [6, 6.07) is 18.2. The molecule has 1 aliphatic heterocycles. The summed E-state index contributed by atoms with van der Waals surface area (Å²) < 4.78 is 0. The van der Waals surface area contributed by atoms with Gasteiger partial charge in [-0.05, 0) is 37.5 Å². The SMILES string of the molecule is Cc1ccccc1CN1CC(C(=O)N(Cc2ccccc2)C(C)C)CC1=O. The quantitative estimate of drug-likeness (QED) is 0.783. The molecule has 1 unspecified atom stereocenters. The van der Waals surface area contributed by atoms with E-state index < -0.39 is 0 Å². The molecular formula is C23H28N2O2. The molecule has 0 bridgehead atoms. The molecule has 1 aliphatic rings. The zero-order valence-corrected chi connectivity index (χ0v) is 16.4. The van der Waals surface area contributed by atoms with Gasteiger partial charge in [0, 0.05) is 32.1 Å². The lowest BCUT2D eigenvalue weighted by molar-refractivity contribution is -0.138. The van der Waals surface area contributed by atoms with Gasteiger partial charge in [0.25, 0.3) is 0 Å². The molecule has 27 heavy (non-hydrogen) atoms. The fraction of sp³-hybridized carbons (Fsp3) is 0.391. The third-order valence-corrected chi connectivity index (χ3v) is 5.29. The van der Waals surface area contributed by atoms with E-state index in [0.717, 1.165) is 11.1 Å². The first-order chi connectivity index (χ1) is 13.0. The number of rotatable bonds is 6. The highest BCUT2D eigenvalue weighted by Crippen LogP contribution is 2.24. The highest BCUT2D eigenvalue weighted by atomic mass is 16.2. The van der Waals surface area contributed by atoms with Gasteiger partial charge in [-0.1, -0.05) is 54.6 Å². The molecule has 0 N–H and O–H groups in total. The van der Waals surface area contributed by atoms with Crippen LogP contribution >= 0.6 is 0 Å². The Morgan fingerprint density at radius 1 is 1.11 bits per heavy atom. The van der Waals surface area contributed by atoms with E-state index in [0.29, 0.717) is 26.1 Å². The van der Waals surface area contributed by atoms with E-state index in [1.807, 2.05) is 72.2 Å². The van der Waals surface area contributed by atoms with E-state index in [4.69, 9.17) is 0 Å². The fourth-order valence-electron chi connectivity index (χ4n) is 3.61. The van der Waals surface area contributed by atoms with Crippen molar-refractivity contribution in [1.82, 2.24) is 9.80 Å². The Labute approximate surface area is 161 Å². The summed E-state index contributed by atoms with van der Waals surface area (Å²) in [4.78, 5) is 29.4. The maximum Gasteiger partial charge on any atom is 0.228 e. The normalized spacial score (nSPS) is 16.8. The van der Waals surface area contributed by atoms with Crippen LogP contribution in [-0.4, -0.2) is 34.2 Å². The average molecular weight is 364 g/mol. The van der Waals surface area contributed by atoms with Crippen LogP contribution in [0.3, 0.4) is 0 Å². The lowest BCUT2D eigenvalue weighted by Crippen LogP contribution is -2.41. The van der Waals surface area contributed by atoms with Gasteiger partial charge in [-0.2, -0.15) is 0 Å². The van der Waals surface area contributed by atoms with E-state index in [1.165, 1.54) is 5.56 Å². The molecule has 0 aromatic heterocycles. The Balaban J connectivity index is 1.69. The molecule has 0 aliphatic carbocycles. The molecule has 1 atom stereocenters. The van der Waals surface area contributed by atoms with Crippen molar-refractivity contribution in [3.63, 3.8) is 0 Å². The highest BCUT2D eigenvalue weighted by molar-refractivity contribution is 5.89. The van der Waals surface area contributed by atoms with Crippen molar-refractivity contribution >= 4 is 11.8 Å². The maximum atomic E-state index is 13.1. The monoisotopic (exact) mass is 364 g/mol. The fourth-order valence-corrected chi connectivity index (χ4v) is 3.61. The number of nitrogens with zero attached hydrogens (tertiary/aromatic N) is 2. The second kappa shape index (κ2) is 8.38. The lowest BCUT2D eigenvalue weighted by Gasteiger charge is -2.29. The minimum absolute atomic E-state index is 0.0695. The third-order valence-electron chi connectivity index (χ3n) is 5.29. The number of carbonyl (C=O) groups is 2. The number of benzene rings is 2. The van der Waals surface area contributed by atoms with Gasteiger partial charge in [0.1, 0.15) is 0 Å². The minimum atomic E-state index is -0.257. The molecule has 142 valence electrons. The number of hydrogen-bond donors (Lipinski definition) is 0. The summed E-state index contributed by atoms with van der Waals surface area (Å²) in [7, 11) is 0. The smallest absolute Gasteiger partial charge is 0.228 e. The zero-order chi connectivity index (χ0) is 19.4. The van der Waals surface area contributed by atoms with Gasteiger partial charge < -0.3 is 9.80 Å². The summed E-state index contributed by atoms with van der Waals surface area (Å²) in [6.45, 7) is 7.78. The van der Waals surface area contributed by atoms with Crippen molar-refractivity contribution in [2.75, 3.05) is 6.54 Å². The predicted molar refractivity (Wildman–Crippen MR) is 107 cm³/mol. The second-order valence-electron chi connectivity index (χ2n) is 7.65. The molecule has 2 aromatic rings. The van der Waals surface area contributed by atoms with Crippen LogP contribution in [-0.2, 0) is 22.7 Å². The topological polar surface area (TPSA) is 40.6 Å². The minimum Gasteiger partial charge on any atom is -0.338 e. The van der Waals surface area contributed by atoms with Crippen LogP contribution < -0.4 is 0 Å². The van der Waals surface area contributed by atoms with E-state index >= 15 is 0 Å². The highest BCUT2D eigenvalue weighted by Gasteiger charge is 2.37. The Kier molecular flexibility index (Phi) is 5.94. The third kappa shape index (κ3) is 4.57. The number of amides is 2. The van der Waals surface area contributed by atoms with Crippen LogP contribution in [0.2, 0.25) is 0 Å². The van der Waals surface area contributed by atoms with Gasteiger partial charge in [0.15, 0.2) is 0 Å². The summed E-state index contributed by atoms with van der Waals surface area (Å²) >= 11 is 0. The van der Waals surface area contributed by atoms with Crippen LogP contribution in [0.15, 0.2) is 54.6 Å². The van der Waals surface area contributed by atoms with Crippen molar-refractivity contribution in [2.24, 2.45) is 5.92 Å². The Bertz CT molecular complexity index is 801. The molecule has 3 rings (SSSR count). The van der Waals surface area contributed by atoms with Gasteiger partial charge in [-0.15, -0.1) is 0 Å². The van der Waals surface area contributed by atoms with Crippen LogP contribution in [0.25, 0.3) is 0 Å². The van der Waals surface area contributed by atoms with Crippen molar-refractivity contribution in [1.29, 1.82) is 0 Å². The molecule has 0 saturated carbocycles. The van der Waals surface area contributed by atoms with Gasteiger partial charge in [-0.3, -0.25) is 9.59 Å². The average Bonchev–Trinajstić information content (AvgIpc) is 3.02. The van der Waals surface area contributed by atoms with Crippen LogP contribution in [0, 0.1) is 12.8 Å². The molecule has 4 heteroatoms. The number of aryl methyl sites for hydroxylation is 1. The van der Waals surface area contributed by atoms with Crippen LogP contribution in [0.1, 0.15) is 37.0 Å². The predicted octanol–water partition coefficient (Wildman–Crippen LogP) is 3.78. The van der Waals surface area contributed by atoms with Gasteiger partial charge in [0.05, 0.1) is 5.92 Å². The number of likely N-dealkylation sites (tertiary alicyclic amines) is 1. The number of hydrogen-bond acceptors (Lipinski definition) is 2. The van der Waals surface area contributed by atoms with Crippen molar-refractivity contribution in [3.8, 4) is 0 Å². The molecule has 1 heterocycles.